The number of nitriles is 1. The van der Waals surface area contributed by atoms with E-state index in [1.54, 1.807) is 92.0 Å². The van der Waals surface area contributed by atoms with Gasteiger partial charge in [0.25, 0.3) is 0 Å². The van der Waals surface area contributed by atoms with Gasteiger partial charge in [0.05, 0.1) is 19.1 Å². The molecule has 0 saturated carbocycles. The summed E-state index contributed by atoms with van der Waals surface area (Å²) in [5.74, 6) is -2.14. The van der Waals surface area contributed by atoms with Crippen LogP contribution in [0, 0.1) is 17.2 Å². The molecule has 28 heavy (non-hydrogen) atoms. The number of nitrogens with zero attached hydrogens (tertiary/aromatic N) is 1. The van der Waals surface area contributed by atoms with E-state index in [-0.39, 0.29) is 11.6 Å². The van der Waals surface area contributed by atoms with Gasteiger partial charge in [-0.05, 0) is 17.7 Å². The predicted molar refractivity (Wildman–Crippen MR) is 106 cm³/mol. The molecule has 4 nitrogen and oxygen atoms in total. The summed E-state index contributed by atoms with van der Waals surface area (Å²) in [6, 6.07) is 26.3. The lowest BCUT2D eigenvalue weighted by Gasteiger charge is -2.21. The van der Waals surface area contributed by atoms with Crippen molar-refractivity contribution in [3.8, 4) is 11.8 Å². The van der Waals surface area contributed by atoms with Crippen LogP contribution in [0.2, 0.25) is 0 Å². The summed E-state index contributed by atoms with van der Waals surface area (Å²) in [4.78, 5) is 26.5. The lowest BCUT2D eigenvalue weighted by Crippen LogP contribution is -2.30. The molecule has 4 heteroatoms. The second kappa shape index (κ2) is 8.79. The van der Waals surface area contributed by atoms with E-state index in [0.29, 0.717) is 22.4 Å². The fourth-order valence-electron chi connectivity index (χ4n) is 3.14. The molecule has 0 amide bonds. The van der Waals surface area contributed by atoms with Gasteiger partial charge in [-0.2, -0.15) is 5.26 Å². The third-order valence-corrected chi connectivity index (χ3v) is 4.63. The first kappa shape index (κ1) is 19.1. The number of hydrogen-bond acceptors (Lipinski definition) is 4. The van der Waals surface area contributed by atoms with Crippen molar-refractivity contribution < 1.29 is 14.3 Å². The number of hydrogen-bond donors (Lipinski definition) is 0. The molecule has 0 radical (unpaired) electrons. The number of ketones is 2. The maximum absolute atomic E-state index is 13.3. The molecule has 0 aliphatic carbocycles. The van der Waals surface area contributed by atoms with Crippen molar-refractivity contribution in [3.63, 3.8) is 0 Å². The van der Waals surface area contributed by atoms with E-state index in [9.17, 15) is 14.9 Å². The van der Waals surface area contributed by atoms with Crippen LogP contribution in [0.25, 0.3) is 0 Å². The van der Waals surface area contributed by atoms with Crippen LogP contribution in [0.5, 0.6) is 5.75 Å². The number of carbonyl (C=O) groups is 2. The predicted octanol–water partition coefficient (Wildman–Crippen LogP) is 4.68. The zero-order valence-corrected chi connectivity index (χ0v) is 15.4. The highest BCUT2D eigenvalue weighted by atomic mass is 16.5. The molecule has 0 fully saturated rings. The highest BCUT2D eigenvalue weighted by Gasteiger charge is 2.37. The van der Waals surface area contributed by atoms with Crippen molar-refractivity contribution in [2.24, 2.45) is 5.92 Å². The quantitative estimate of drug-likeness (QED) is 0.448. The third kappa shape index (κ3) is 3.99. The number of carbonyl (C=O) groups excluding carboxylic acids is 2. The summed E-state index contributed by atoms with van der Waals surface area (Å²) in [6.45, 7) is 0. The van der Waals surface area contributed by atoms with Gasteiger partial charge in [-0.3, -0.25) is 9.59 Å². The summed E-state index contributed by atoms with van der Waals surface area (Å²) < 4.78 is 5.16. The average Bonchev–Trinajstić information content (AvgIpc) is 2.78. The first-order chi connectivity index (χ1) is 13.7. The van der Waals surface area contributed by atoms with Gasteiger partial charge in [-0.25, -0.2) is 0 Å². The molecule has 1 unspecified atom stereocenters. The van der Waals surface area contributed by atoms with Crippen molar-refractivity contribution in [3.05, 3.63) is 102 Å². The molecule has 138 valence electrons. The molecule has 0 aliphatic heterocycles. The molecular formula is C24H19NO3. The van der Waals surface area contributed by atoms with E-state index in [1.807, 2.05) is 0 Å². The van der Waals surface area contributed by atoms with E-state index in [1.165, 1.54) is 0 Å². The SMILES string of the molecule is COc1ccc(C(C#N)C(C(=O)c2ccccc2)C(=O)c2ccccc2)cc1. The highest BCUT2D eigenvalue weighted by molar-refractivity contribution is 6.17. The fraction of sp³-hybridized carbons (Fsp3) is 0.125. The van der Waals surface area contributed by atoms with Gasteiger partial charge in [0.15, 0.2) is 11.6 Å². The molecule has 0 saturated heterocycles. The molecule has 3 aromatic rings. The molecule has 3 aromatic carbocycles. The van der Waals surface area contributed by atoms with E-state index in [2.05, 4.69) is 6.07 Å². The van der Waals surface area contributed by atoms with Gasteiger partial charge >= 0.3 is 0 Å². The van der Waals surface area contributed by atoms with E-state index < -0.39 is 11.8 Å². The maximum Gasteiger partial charge on any atom is 0.175 e. The normalized spacial score (nSPS) is 11.5. The molecular weight excluding hydrogens is 350 g/mol. The Morgan fingerprint density at radius 2 is 1.25 bits per heavy atom. The summed E-state index contributed by atoms with van der Waals surface area (Å²) in [6.07, 6.45) is 0. The molecule has 3 rings (SSSR count). The lowest BCUT2D eigenvalue weighted by atomic mass is 9.77. The number of methoxy groups -OCH3 is 1. The van der Waals surface area contributed by atoms with Crippen LogP contribution in [-0.2, 0) is 0 Å². The van der Waals surface area contributed by atoms with Crippen LogP contribution in [0.3, 0.4) is 0 Å². The topological polar surface area (TPSA) is 67.2 Å². The zero-order chi connectivity index (χ0) is 19.9. The standard InChI is InChI=1S/C24H19NO3/c1-28-20-14-12-17(13-15-20)21(16-25)22(23(26)18-8-4-2-5-9-18)24(27)19-10-6-3-7-11-19/h2-15,21-22H,1H3. The first-order valence-corrected chi connectivity index (χ1v) is 8.87. The average molecular weight is 369 g/mol. The Labute approximate surface area is 164 Å². The minimum Gasteiger partial charge on any atom is -0.497 e. The molecule has 0 N–H and O–H groups in total. The Morgan fingerprint density at radius 1 is 0.786 bits per heavy atom. The second-order valence-electron chi connectivity index (χ2n) is 6.32. The van der Waals surface area contributed by atoms with Crippen LogP contribution >= 0.6 is 0 Å². The molecule has 0 bridgehead atoms. The molecule has 1 atom stereocenters. The Bertz CT molecular complexity index is 938. The number of ether oxygens (including phenoxy) is 1. The molecule has 0 aliphatic rings. The highest BCUT2D eigenvalue weighted by Crippen LogP contribution is 2.31. The summed E-state index contributed by atoms with van der Waals surface area (Å²) in [5, 5.41) is 9.88. The number of benzene rings is 3. The van der Waals surface area contributed by atoms with Crippen LogP contribution in [0.1, 0.15) is 32.2 Å². The van der Waals surface area contributed by atoms with Crippen molar-refractivity contribution in [2.45, 2.75) is 5.92 Å². The van der Waals surface area contributed by atoms with Gasteiger partial charge < -0.3 is 4.74 Å². The Morgan fingerprint density at radius 3 is 1.64 bits per heavy atom. The monoisotopic (exact) mass is 369 g/mol. The first-order valence-electron chi connectivity index (χ1n) is 8.87. The number of rotatable bonds is 7. The smallest absolute Gasteiger partial charge is 0.175 e. The minimum atomic E-state index is -1.14. The van der Waals surface area contributed by atoms with Crippen LogP contribution in [-0.4, -0.2) is 18.7 Å². The second-order valence-corrected chi connectivity index (χ2v) is 6.32. The Kier molecular flexibility index (Phi) is 5.98. The third-order valence-electron chi connectivity index (χ3n) is 4.63. The van der Waals surface area contributed by atoms with E-state index in [4.69, 9.17) is 4.74 Å². The van der Waals surface area contributed by atoms with Crippen molar-refractivity contribution in [1.29, 1.82) is 5.26 Å². The summed E-state index contributed by atoms with van der Waals surface area (Å²) >= 11 is 0. The van der Waals surface area contributed by atoms with Crippen LogP contribution < -0.4 is 4.74 Å². The number of Topliss-reactive ketones (excluding diaryl/α,β-unsaturated/α-hetero) is 2. The molecule has 0 spiro atoms. The van der Waals surface area contributed by atoms with Gasteiger partial charge in [0, 0.05) is 11.1 Å². The van der Waals surface area contributed by atoms with Gasteiger partial charge in [0.1, 0.15) is 11.7 Å². The van der Waals surface area contributed by atoms with Crippen molar-refractivity contribution in [2.75, 3.05) is 7.11 Å². The van der Waals surface area contributed by atoms with Gasteiger partial charge in [-0.1, -0.05) is 72.8 Å². The Hall–Kier alpha value is -3.71. The van der Waals surface area contributed by atoms with E-state index in [0.717, 1.165) is 0 Å². The van der Waals surface area contributed by atoms with Crippen LogP contribution in [0.4, 0.5) is 0 Å². The summed E-state index contributed by atoms with van der Waals surface area (Å²) in [7, 11) is 1.55. The van der Waals surface area contributed by atoms with Crippen LogP contribution in [0.15, 0.2) is 84.9 Å². The summed E-state index contributed by atoms with van der Waals surface area (Å²) in [5.41, 5.74) is 1.41. The van der Waals surface area contributed by atoms with Gasteiger partial charge in [0.2, 0.25) is 0 Å². The Balaban J connectivity index is 2.07. The largest absolute Gasteiger partial charge is 0.497 e. The van der Waals surface area contributed by atoms with Gasteiger partial charge in [-0.15, -0.1) is 0 Å². The zero-order valence-electron chi connectivity index (χ0n) is 15.4. The van der Waals surface area contributed by atoms with Crippen molar-refractivity contribution in [1.82, 2.24) is 0 Å². The maximum atomic E-state index is 13.3. The lowest BCUT2D eigenvalue weighted by molar-refractivity contribution is 0.0796. The molecule has 0 aromatic heterocycles. The van der Waals surface area contributed by atoms with E-state index >= 15 is 0 Å². The minimum absolute atomic E-state index is 0.364. The fourth-order valence-corrected chi connectivity index (χ4v) is 3.14. The molecule has 0 heterocycles. The van der Waals surface area contributed by atoms with Crippen molar-refractivity contribution >= 4 is 11.6 Å².